The van der Waals surface area contributed by atoms with E-state index in [1.54, 1.807) is 0 Å². The summed E-state index contributed by atoms with van der Waals surface area (Å²) in [5.74, 6) is 1.73. The van der Waals surface area contributed by atoms with Crippen molar-refractivity contribution in [2.75, 3.05) is 4.90 Å². The van der Waals surface area contributed by atoms with Gasteiger partial charge in [-0.1, -0.05) is 158 Å². The first-order chi connectivity index (χ1) is 28.3. The van der Waals surface area contributed by atoms with Crippen molar-refractivity contribution in [2.45, 2.75) is 12.5 Å². The van der Waals surface area contributed by atoms with E-state index >= 15 is 0 Å². The Morgan fingerprint density at radius 3 is 1.68 bits per heavy atom. The molecule has 6 nitrogen and oxygen atoms in total. The first-order valence-electron chi connectivity index (χ1n) is 19.2. The van der Waals surface area contributed by atoms with Crippen molar-refractivity contribution in [1.29, 1.82) is 0 Å². The molecule has 1 atom stereocenters. The predicted octanol–water partition coefficient (Wildman–Crippen LogP) is 13.2. The third-order valence-corrected chi connectivity index (χ3v) is 10.9. The number of hydrogen-bond acceptors (Lipinski definition) is 6. The molecule has 1 aliphatic rings. The van der Waals surface area contributed by atoms with Gasteiger partial charge in [0.1, 0.15) is 16.7 Å². The molecule has 3 heterocycles. The zero-order valence-electron chi connectivity index (χ0n) is 30.8. The summed E-state index contributed by atoms with van der Waals surface area (Å²) in [6.07, 6.45) is 7.68. The van der Waals surface area contributed by atoms with E-state index in [1.807, 2.05) is 84.9 Å². The van der Waals surface area contributed by atoms with Gasteiger partial charge in [0.05, 0.1) is 28.4 Å². The lowest BCUT2D eigenvalue weighted by atomic mass is 9.94. The van der Waals surface area contributed by atoms with Crippen LogP contribution in [0, 0.1) is 0 Å². The molecule has 10 aromatic rings. The van der Waals surface area contributed by atoms with Crippen LogP contribution in [0.4, 0.5) is 11.4 Å². The molecule has 57 heavy (non-hydrogen) atoms. The number of rotatable bonds is 7. The highest BCUT2D eigenvalue weighted by Crippen LogP contribution is 2.47. The fourth-order valence-corrected chi connectivity index (χ4v) is 8.17. The molecule has 0 saturated carbocycles. The van der Waals surface area contributed by atoms with E-state index in [-0.39, 0.29) is 6.04 Å². The predicted molar refractivity (Wildman–Crippen MR) is 231 cm³/mol. The molecule has 0 saturated heterocycles. The summed E-state index contributed by atoms with van der Waals surface area (Å²) in [4.78, 5) is 17.6. The smallest absolute Gasteiger partial charge is 0.167 e. The Morgan fingerprint density at radius 2 is 1.02 bits per heavy atom. The van der Waals surface area contributed by atoms with E-state index in [0.717, 1.165) is 72.8 Å². The number of allylic oxidation sites excluding steroid dienone is 2. The molecule has 0 N–H and O–H groups in total. The number of aromatic nitrogens is 3. The van der Waals surface area contributed by atoms with E-state index < -0.39 is 0 Å². The molecular formula is C51H34N4O2. The molecule has 7 aromatic carbocycles. The highest BCUT2D eigenvalue weighted by molar-refractivity contribution is 6.17. The van der Waals surface area contributed by atoms with Crippen molar-refractivity contribution < 1.29 is 8.83 Å². The molecule has 0 fully saturated rings. The number of nitrogens with zero attached hydrogens (tertiary/aromatic N) is 4. The van der Waals surface area contributed by atoms with Gasteiger partial charge in [-0.05, 0) is 47.9 Å². The van der Waals surface area contributed by atoms with Crippen LogP contribution in [0.5, 0.6) is 0 Å². The Morgan fingerprint density at radius 1 is 0.456 bits per heavy atom. The van der Waals surface area contributed by atoms with Crippen LogP contribution in [-0.4, -0.2) is 21.0 Å². The minimum absolute atomic E-state index is 0.0365. The zero-order chi connectivity index (χ0) is 37.7. The highest BCUT2D eigenvalue weighted by Gasteiger charge is 2.29. The molecule has 1 aliphatic carbocycles. The average molecular weight is 735 g/mol. The van der Waals surface area contributed by atoms with Gasteiger partial charge in [-0.25, -0.2) is 15.0 Å². The van der Waals surface area contributed by atoms with Crippen LogP contribution in [0.2, 0.25) is 0 Å². The van der Waals surface area contributed by atoms with Crippen LogP contribution in [0.3, 0.4) is 0 Å². The largest absolute Gasteiger partial charge is 0.455 e. The van der Waals surface area contributed by atoms with Gasteiger partial charge in [0.25, 0.3) is 0 Å². The fourth-order valence-electron chi connectivity index (χ4n) is 8.17. The SMILES string of the molecule is C1=CC(N(c2cccc3c2oc2ccccc23)c2ccc(-c3nc(-c4ccccc4)nc(-c4ccccc4)n3)c3oc4ccccc4c23)CC=C1c1ccccc1. The number of furan rings is 2. The molecule has 3 aromatic heterocycles. The Kier molecular flexibility index (Phi) is 7.84. The standard InChI is InChI=1S/C51H34N4O2/c1-4-15-33(16-5-1)34-27-29-37(30-28-34)55(43-24-14-23-39-38-21-10-12-25-44(38)56-47(39)43)42-32-31-41(48-46(42)40-22-11-13-26-45(40)57-48)51-53-49(35-17-6-2-7-18-35)52-50(54-51)36-19-8-3-9-20-36/h1-29,31-32,37H,30H2. The Labute approximate surface area is 328 Å². The third-order valence-electron chi connectivity index (χ3n) is 10.9. The van der Waals surface area contributed by atoms with Crippen LogP contribution in [0.1, 0.15) is 12.0 Å². The van der Waals surface area contributed by atoms with Gasteiger partial charge in [0, 0.05) is 27.3 Å². The van der Waals surface area contributed by atoms with E-state index in [9.17, 15) is 0 Å². The first kappa shape index (κ1) is 32.8. The lowest BCUT2D eigenvalue weighted by Gasteiger charge is -2.34. The topological polar surface area (TPSA) is 68.2 Å². The normalized spacial score (nSPS) is 14.1. The molecule has 0 radical (unpaired) electrons. The van der Waals surface area contributed by atoms with Gasteiger partial charge in [0.15, 0.2) is 23.1 Å². The molecule has 0 aliphatic heterocycles. The quantitative estimate of drug-likeness (QED) is 0.162. The molecule has 1 unspecified atom stereocenters. The van der Waals surface area contributed by atoms with E-state index in [0.29, 0.717) is 23.1 Å². The molecule has 270 valence electrons. The summed E-state index contributed by atoms with van der Waals surface area (Å²) < 4.78 is 13.6. The Balaban J connectivity index is 1.15. The molecule has 0 spiro atoms. The van der Waals surface area contributed by atoms with Gasteiger partial charge in [-0.2, -0.15) is 0 Å². The minimum atomic E-state index is -0.0365. The minimum Gasteiger partial charge on any atom is -0.455 e. The molecule has 0 bridgehead atoms. The fraction of sp³-hybridized carbons (Fsp3) is 0.0392. The van der Waals surface area contributed by atoms with Gasteiger partial charge in [0.2, 0.25) is 0 Å². The molecular weight excluding hydrogens is 701 g/mol. The lowest BCUT2D eigenvalue weighted by Crippen LogP contribution is -2.30. The maximum Gasteiger partial charge on any atom is 0.167 e. The summed E-state index contributed by atoms with van der Waals surface area (Å²) in [5, 5.41) is 4.15. The van der Waals surface area contributed by atoms with Gasteiger partial charge in [-0.15, -0.1) is 0 Å². The molecule has 6 heteroatoms. The number of para-hydroxylation sites is 3. The Bertz CT molecular complexity index is 3110. The van der Waals surface area contributed by atoms with Gasteiger partial charge in [-0.3, -0.25) is 0 Å². The van der Waals surface area contributed by atoms with Gasteiger partial charge >= 0.3 is 0 Å². The van der Waals surface area contributed by atoms with Crippen molar-refractivity contribution in [3.63, 3.8) is 0 Å². The van der Waals surface area contributed by atoms with Crippen molar-refractivity contribution in [2.24, 2.45) is 0 Å². The van der Waals surface area contributed by atoms with Crippen LogP contribution < -0.4 is 4.90 Å². The number of fused-ring (bicyclic) bond motifs is 6. The van der Waals surface area contributed by atoms with Crippen LogP contribution in [0.25, 0.3) is 83.6 Å². The molecule has 11 rings (SSSR count). The maximum absolute atomic E-state index is 6.87. The second-order valence-corrected chi connectivity index (χ2v) is 14.3. The van der Waals surface area contributed by atoms with Crippen LogP contribution >= 0.6 is 0 Å². The van der Waals surface area contributed by atoms with Crippen LogP contribution in [-0.2, 0) is 0 Å². The summed E-state index contributed by atoms with van der Waals surface area (Å²) >= 11 is 0. The first-order valence-corrected chi connectivity index (χ1v) is 19.2. The second-order valence-electron chi connectivity index (χ2n) is 14.3. The summed E-state index contributed by atoms with van der Waals surface area (Å²) in [6, 6.07) is 57.9. The maximum atomic E-state index is 6.87. The number of anilines is 2. The van der Waals surface area contributed by atoms with E-state index in [1.165, 1.54) is 11.1 Å². The summed E-state index contributed by atoms with van der Waals surface area (Å²) in [6.45, 7) is 0. The van der Waals surface area contributed by atoms with Crippen molar-refractivity contribution in [3.05, 3.63) is 194 Å². The highest BCUT2D eigenvalue weighted by atomic mass is 16.3. The number of benzene rings is 7. The van der Waals surface area contributed by atoms with E-state index in [4.69, 9.17) is 23.8 Å². The van der Waals surface area contributed by atoms with Crippen molar-refractivity contribution >= 4 is 60.8 Å². The van der Waals surface area contributed by atoms with Crippen LogP contribution in [0.15, 0.2) is 197 Å². The Hall–Kier alpha value is -7.57. The van der Waals surface area contributed by atoms with E-state index in [2.05, 4.69) is 108 Å². The third kappa shape index (κ3) is 5.69. The van der Waals surface area contributed by atoms with Crippen molar-refractivity contribution in [1.82, 2.24) is 15.0 Å². The number of hydrogen-bond donors (Lipinski definition) is 0. The summed E-state index contributed by atoms with van der Waals surface area (Å²) in [7, 11) is 0. The van der Waals surface area contributed by atoms with Crippen molar-refractivity contribution in [3.8, 4) is 34.2 Å². The van der Waals surface area contributed by atoms with Gasteiger partial charge < -0.3 is 13.7 Å². The second kappa shape index (κ2) is 13.6. The monoisotopic (exact) mass is 734 g/mol. The molecule has 0 amide bonds. The zero-order valence-corrected chi connectivity index (χ0v) is 30.8. The average Bonchev–Trinajstić information content (AvgIpc) is 3.87. The summed E-state index contributed by atoms with van der Waals surface area (Å²) in [5.41, 5.74) is 10.2. The lowest BCUT2D eigenvalue weighted by molar-refractivity contribution is 0.664.